The Morgan fingerprint density at radius 1 is 1.32 bits per heavy atom. The van der Waals surface area contributed by atoms with Crippen molar-refractivity contribution < 1.29 is 13.2 Å². The van der Waals surface area contributed by atoms with Gasteiger partial charge in [-0.3, -0.25) is 0 Å². The van der Waals surface area contributed by atoms with E-state index in [1.165, 1.54) is 6.42 Å². The molecule has 2 aliphatic rings. The van der Waals surface area contributed by atoms with E-state index >= 15 is 0 Å². The first kappa shape index (κ1) is 15.3. The van der Waals surface area contributed by atoms with Gasteiger partial charge in [0.2, 0.25) is 0 Å². The molecule has 1 N–H and O–H groups in total. The van der Waals surface area contributed by atoms with E-state index in [4.69, 9.17) is 4.74 Å². The van der Waals surface area contributed by atoms with Gasteiger partial charge in [-0.1, -0.05) is 19.8 Å². The highest BCUT2D eigenvalue weighted by Crippen LogP contribution is 2.30. The van der Waals surface area contributed by atoms with Crippen LogP contribution in [0.2, 0.25) is 0 Å². The fourth-order valence-electron chi connectivity index (χ4n) is 3.42. The van der Waals surface area contributed by atoms with Gasteiger partial charge in [0.15, 0.2) is 9.84 Å². The molecule has 1 aliphatic heterocycles. The molecule has 1 saturated heterocycles. The molecule has 4 atom stereocenters. The SMILES string of the molecule is CNC(CS(=O)(=O)C1CCCC(C)C1)C1CCOC1. The average molecular weight is 289 g/mol. The van der Waals surface area contributed by atoms with Crippen molar-refractivity contribution in [3.8, 4) is 0 Å². The highest BCUT2D eigenvalue weighted by molar-refractivity contribution is 7.92. The van der Waals surface area contributed by atoms with Crippen molar-refractivity contribution in [1.29, 1.82) is 0 Å². The van der Waals surface area contributed by atoms with Crippen LogP contribution in [0, 0.1) is 11.8 Å². The van der Waals surface area contributed by atoms with Gasteiger partial charge in [0.1, 0.15) is 0 Å². The van der Waals surface area contributed by atoms with Crippen molar-refractivity contribution in [1.82, 2.24) is 5.32 Å². The second kappa shape index (κ2) is 6.55. The van der Waals surface area contributed by atoms with Gasteiger partial charge >= 0.3 is 0 Å². The van der Waals surface area contributed by atoms with Gasteiger partial charge < -0.3 is 10.1 Å². The van der Waals surface area contributed by atoms with Crippen LogP contribution in [0.4, 0.5) is 0 Å². The van der Waals surface area contributed by atoms with E-state index in [0.717, 1.165) is 32.3 Å². The van der Waals surface area contributed by atoms with Crippen LogP contribution in [0.5, 0.6) is 0 Å². The lowest BCUT2D eigenvalue weighted by Gasteiger charge is -2.29. The molecule has 0 aromatic carbocycles. The Kier molecular flexibility index (Phi) is 5.26. The van der Waals surface area contributed by atoms with E-state index in [1.807, 2.05) is 7.05 Å². The van der Waals surface area contributed by atoms with Gasteiger partial charge in [0.05, 0.1) is 17.6 Å². The smallest absolute Gasteiger partial charge is 0.154 e. The van der Waals surface area contributed by atoms with Crippen LogP contribution in [0.15, 0.2) is 0 Å². The Morgan fingerprint density at radius 2 is 2.11 bits per heavy atom. The third kappa shape index (κ3) is 3.92. The molecule has 0 radical (unpaired) electrons. The minimum absolute atomic E-state index is 0.0460. The van der Waals surface area contributed by atoms with Crippen LogP contribution >= 0.6 is 0 Å². The molecule has 0 aromatic rings. The summed E-state index contributed by atoms with van der Waals surface area (Å²) in [7, 11) is -1.12. The number of ether oxygens (including phenoxy) is 1. The molecule has 2 fully saturated rings. The Balaban J connectivity index is 1.98. The monoisotopic (exact) mass is 289 g/mol. The summed E-state index contributed by atoms with van der Waals surface area (Å²) in [5.41, 5.74) is 0. The highest BCUT2D eigenvalue weighted by Gasteiger charge is 2.35. The molecule has 1 saturated carbocycles. The number of hydrogen-bond donors (Lipinski definition) is 1. The molecule has 4 unspecified atom stereocenters. The second-order valence-corrected chi connectivity index (χ2v) is 8.57. The van der Waals surface area contributed by atoms with Crippen LogP contribution in [0.3, 0.4) is 0 Å². The van der Waals surface area contributed by atoms with Crippen LogP contribution in [0.25, 0.3) is 0 Å². The van der Waals surface area contributed by atoms with Crippen LogP contribution in [-0.2, 0) is 14.6 Å². The Labute approximate surface area is 117 Å². The Hall–Kier alpha value is -0.130. The summed E-state index contributed by atoms with van der Waals surface area (Å²) in [6.45, 7) is 3.63. The zero-order valence-corrected chi connectivity index (χ0v) is 12.9. The van der Waals surface area contributed by atoms with Crippen LogP contribution in [0.1, 0.15) is 39.0 Å². The first-order valence-electron chi connectivity index (χ1n) is 7.49. The molecule has 19 heavy (non-hydrogen) atoms. The van der Waals surface area contributed by atoms with E-state index < -0.39 is 9.84 Å². The van der Waals surface area contributed by atoms with Crippen LogP contribution < -0.4 is 5.32 Å². The van der Waals surface area contributed by atoms with E-state index in [9.17, 15) is 8.42 Å². The molecule has 0 spiro atoms. The summed E-state index contributed by atoms with van der Waals surface area (Å²) in [4.78, 5) is 0. The molecular formula is C14H27NO3S. The first-order valence-corrected chi connectivity index (χ1v) is 9.21. The maximum atomic E-state index is 12.6. The van der Waals surface area contributed by atoms with Crippen molar-refractivity contribution in [2.75, 3.05) is 26.0 Å². The molecule has 4 nitrogen and oxygen atoms in total. The molecule has 1 heterocycles. The van der Waals surface area contributed by atoms with Crippen LogP contribution in [-0.4, -0.2) is 45.7 Å². The third-order valence-corrected chi connectivity index (χ3v) is 6.98. The molecule has 0 bridgehead atoms. The molecule has 1 aliphatic carbocycles. The zero-order chi connectivity index (χ0) is 13.9. The summed E-state index contributed by atoms with van der Waals surface area (Å²) < 4.78 is 30.5. The minimum Gasteiger partial charge on any atom is -0.381 e. The lowest BCUT2D eigenvalue weighted by atomic mass is 9.91. The topological polar surface area (TPSA) is 55.4 Å². The predicted molar refractivity (Wildman–Crippen MR) is 77.0 cm³/mol. The van der Waals surface area contributed by atoms with Gasteiger partial charge in [-0.05, 0) is 32.2 Å². The normalized spacial score (nSPS) is 34.3. The minimum atomic E-state index is -2.98. The van der Waals surface area contributed by atoms with Gasteiger partial charge in [-0.15, -0.1) is 0 Å². The number of sulfone groups is 1. The molecule has 5 heteroatoms. The van der Waals surface area contributed by atoms with Gasteiger partial charge in [0, 0.05) is 18.6 Å². The lowest BCUT2D eigenvalue weighted by molar-refractivity contribution is 0.179. The maximum absolute atomic E-state index is 12.6. The van der Waals surface area contributed by atoms with E-state index in [0.29, 0.717) is 18.4 Å². The number of nitrogens with one attached hydrogen (secondary N) is 1. The van der Waals surface area contributed by atoms with Crippen molar-refractivity contribution in [3.63, 3.8) is 0 Å². The number of hydrogen-bond acceptors (Lipinski definition) is 4. The quantitative estimate of drug-likeness (QED) is 0.835. The standard InChI is InChI=1S/C14H27NO3S/c1-11-4-3-5-13(8-11)19(16,17)10-14(15-2)12-6-7-18-9-12/h11-15H,3-10H2,1-2H3. The fraction of sp³-hybridized carbons (Fsp3) is 1.00. The first-order chi connectivity index (χ1) is 9.03. The molecule has 0 aromatic heterocycles. The van der Waals surface area contributed by atoms with E-state index in [1.54, 1.807) is 0 Å². The number of rotatable bonds is 5. The lowest BCUT2D eigenvalue weighted by Crippen LogP contribution is -2.43. The average Bonchev–Trinajstić information content (AvgIpc) is 2.90. The summed E-state index contributed by atoms with van der Waals surface area (Å²) in [5, 5.41) is 3.07. The van der Waals surface area contributed by atoms with E-state index in [-0.39, 0.29) is 17.0 Å². The van der Waals surface area contributed by atoms with Gasteiger partial charge in [-0.25, -0.2) is 8.42 Å². The van der Waals surface area contributed by atoms with Crippen molar-refractivity contribution in [3.05, 3.63) is 0 Å². The third-order valence-electron chi connectivity index (χ3n) is 4.71. The Morgan fingerprint density at radius 3 is 2.68 bits per heavy atom. The van der Waals surface area contributed by atoms with Gasteiger partial charge in [-0.2, -0.15) is 0 Å². The molecule has 2 rings (SSSR count). The Bertz CT molecular complexity index is 376. The molecule has 112 valence electrons. The maximum Gasteiger partial charge on any atom is 0.154 e. The van der Waals surface area contributed by atoms with Crippen molar-refractivity contribution >= 4 is 9.84 Å². The summed E-state index contributed by atoms with van der Waals surface area (Å²) in [6.07, 6.45) is 4.91. The predicted octanol–water partition coefficient (Wildman–Crippen LogP) is 1.60. The summed E-state index contributed by atoms with van der Waals surface area (Å²) in [6, 6.07) is 0.0460. The summed E-state index contributed by atoms with van der Waals surface area (Å²) in [5.74, 6) is 1.17. The second-order valence-electron chi connectivity index (χ2n) is 6.24. The van der Waals surface area contributed by atoms with Crippen molar-refractivity contribution in [2.45, 2.75) is 50.3 Å². The van der Waals surface area contributed by atoms with Gasteiger partial charge in [0.25, 0.3) is 0 Å². The highest BCUT2D eigenvalue weighted by atomic mass is 32.2. The largest absolute Gasteiger partial charge is 0.381 e. The molecule has 0 amide bonds. The van der Waals surface area contributed by atoms with E-state index in [2.05, 4.69) is 12.2 Å². The fourth-order valence-corrected chi connectivity index (χ4v) is 5.78. The van der Waals surface area contributed by atoms with Crippen molar-refractivity contribution in [2.24, 2.45) is 11.8 Å². The zero-order valence-electron chi connectivity index (χ0n) is 12.1. The summed E-state index contributed by atoms with van der Waals surface area (Å²) >= 11 is 0. The molecular weight excluding hydrogens is 262 g/mol.